The first-order valence-corrected chi connectivity index (χ1v) is 13.3. The quantitative estimate of drug-likeness (QED) is 0.192. The van der Waals surface area contributed by atoms with Gasteiger partial charge in [-0.25, -0.2) is 0 Å². The fraction of sp³-hybridized carbons (Fsp3) is 0.259. The van der Waals surface area contributed by atoms with Crippen LogP contribution >= 0.6 is 11.8 Å². The molecule has 0 radical (unpaired) electrons. The SMILES string of the molecule is Cc1ccc(-n2c(SCC(=O)N3CCN(C(=O)c4ccc([N+](=O)[O-])cc4)C(C)C3)nnc2-c2ccco2)cc1. The van der Waals surface area contributed by atoms with Crippen LogP contribution in [0.1, 0.15) is 22.8 Å². The maximum atomic E-state index is 13.2. The number of carbonyl (C=O) groups is 2. The fourth-order valence-corrected chi connectivity index (χ4v) is 5.31. The van der Waals surface area contributed by atoms with Crippen molar-refractivity contribution in [2.45, 2.75) is 25.0 Å². The summed E-state index contributed by atoms with van der Waals surface area (Å²) >= 11 is 1.30. The van der Waals surface area contributed by atoms with E-state index in [1.54, 1.807) is 22.1 Å². The molecule has 1 fully saturated rings. The third-order valence-electron chi connectivity index (χ3n) is 6.56. The van der Waals surface area contributed by atoms with Crippen molar-refractivity contribution in [2.75, 3.05) is 25.4 Å². The predicted octanol–water partition coefficient (Wildman–Crippen LogP) is 4.21. The monoisotopic (exact) mass is 546 g/mol. The van der Waals surface area contributed by atoms with Crippen molar-refractivity contribution in [2.24, 2.45) is 0 Å². The lowest BCUT2D eigenvalue weighted by Crippen LogP contribution is -2.55. The van der Waals surface area contributed by atoms with Crippen molar-refractivity contribution in [3.8, 4) is 17.3 Å². The molecule has 1 aliphatic rings. The zero-order chi connectivity index (χ0) is 27.5. The van der Waals surface area contributed by atoms with Gasteiger partial charge >= 0.3 is 0 Å². The van der Waals surface area contributed by atoms with Gasteiger partial charge in [0.05, 0.1) is 16.9 Å². The van der Waals surface area contributed by atoms with Crippen molar-refractivity contribution >= 4 is 29.3 Å². The number of aryl methyl sites for hydroxylation is 1. The van der Waals surface area contributed by atoms with Gasteiger partial charge in [-0.15, -0.1) is 10.2 Å². The number of rotatable bonds is 7. The average molecular weight is 547 g/mol. The van der Waals surface area contributed by atoms with Crippen LogP contribution in [0.4, 0.5) is 5.69 Å². The topological polar surface area (TPSA) is 128 Å². The zero-order valence-electron chi connectivity index (χ0n) is 21.4. The molecule has 0 saturated carbocycles. The van der Waals surface area contributed by atoms with E-state index in [-0.39, 0.29) is 29.3 Å². The summed E-state index contributed by atoms with van der Waals surface area (Å²) < 4.78 is 7.43. The highest BCUT2D eigenvalue weighted by Crippen LogP contribution is 2.29. The second kappa shape index (κ2) is 11.1. The Bertz CT molecular complexity index is 1480. The summed E-state index contributed by atoms with van der Waals surface area (Å²) in [6.07, 6.45) is 1.58. The Balaban J connectivity index is 1.25. The first-order chi connectivity index (χ1) is 18.8. The Hall–Kier alpha value is -4.45. The van der Waals surface area contributed by atoms with Crippen LogP contribution in [0.5, 0.6) is 0 Å². The molecule has 12 heteroatoms. The van der Waals surface area contributed by atoms with Gasteiger partial charge in [0.2, 0.25) is 11.7 Å². The third kappa shape index (κ3) is 5.55. The lowest BCUT2D eigenvalue weighted by Gasteiger charge is -2.40. The Labute approximate surface area is 228 Å². The summed E-state index contributed by atoms with van der Waals surface area (Å²) in [6.45, 7) is 5.05. The Morgan fingerprint density at radius 2 is 1.82 bits per heavy atom. The number of piperazine rings is 1. The van der Waals surface area contributed by atoms with E-state index in [9.17, 15) is 19.7 Å². The van der Waals surface area contributed by atoms with Crippen LogP contribution in [0.2, 0.25) is 0 Å². The van der Waals surface area contributed by atoms with Crippen molar-refractivity contribution in [3.63, 3.8) is 0 Å². The molecule has 1 atom stereocenters. The van der Waals surface area contributed by atoms with Gasteiger partial charge in [-0.05, 0) is 50.2 Å². The molecular formula is C27H26N6O5S. The van der Waals surface area contributed by atoms with Crippen molar-refractivity contribution in [1.82, 2.24) is 24.6 Å². The van der Waals surface area contributed by atoms with Gasteiger partial charge in [0, 0.05) is 49.1 Å². The molecular weight excluding hydrogens is 520 g/mol. The highest BCUT2D eigenvalue weighted by Gasteiger charge is 2.31. The molecule has 1 unspecified atom stereocenters. The summed E-state index contributed by atoms with van der Waals surface area (Å²) in [5, 5.41) is 20.1. The van der Waals surface area contributed by atoms with Crippen LogP contribution < -0.4 is 0 Å². The number of benzene rings is 2. The van der Waals surface area contributed by atoms with E-state index in [4.69, 9.17) is 4.42 Å². The first-order valence-electron chi connectivity index (χ1n) is 12.3. The van der Waals surface area contributed by atoms with Crippen LogP contribution in [0, 0.1) is 17.0 Å². The number of aromatic nitrogens is 3. The molecule has 0 spiro atoms. The van der Waals surface area contributed by atoms with Gasteiger partial charge in [-0.1, -0.05) is 29.5 Å². The van der Waals surface area contributed by atoms with Gasteiger partial charge in [-0.3, -0.25) is 24.3 Å². The summed E-state index contributed by atoms with van der Waals surface area (Å²) in [5.41, 5.74) is 2.29. The average Bonchev–Trinajstić information content (AvgIpc) is 3.62. The third-order valence-corrected chi connectivity index (χ3v) is 7.47. The molecule has 1 saturated heterocycles. The van der Waals surface area contributed by atoms with Crippen LogP contribution in [0.15, 0.2) is 76.5 Å². The minimum Gasteiger partial charge on any atom is -0.461 e. The van der Waals surface area contributed by atoms with E-state index in [1.807, 2.05) is 48.7 Å². The minimum atomic E-state index is -0.500. The summed E-state index contributed by atoms with van der Waals surface area (Å²) in [4.78, 5) is 40.0. The number of amides is 2. The molecule has 4 aromatic rings. The maximum Gasteiger partial charge on any atom is 0.269 e. The van der Waals surface area contributed by atoms with Gasteiger partial charge < -0.3 is 14.2 Å². The lowest BCUT2D eigenvalue weighted by molar-refractivity contribution is -0.384. The van der Waals surface area contributed by atoms with Crippen molar-refractivity contribution in [3.05, 3.63) is 88.2 Å². The number of hydrogen-bond donors (Lipinski definition) is 0. The molecule has 5 rings (SSSR count). The van der Waals surface area contributed by atoms with Crippen LogP contribution in [-0.4, -0.2) is 72.7 Å². The highest BCUT2D eigenvalue weighted by molar-refractivity contribution is 7.99. The fourth-order valence-electron chi connectivity index (χ4n) is 4.45. The van der Waals surface area contributed by atoms with Crippen molar-refractivity contribution < 1.29 is 18.9 Å². The van der Waals surface area contributed by atoms with Gasteiger partial charge in [-0.2, -0.15) is 0 Å². The second-order valence-corrected chi connectivity index (χ2v) is 10.2. The standard InChI is InChI=1S/C27H26N6O5S/c1-18-5-9-21(10-6-18)32-25(23-4-3-15-38-23)28-29-27(32)39-17-24(34)30-13-14-31(19(2)16-30)26(35)20-7-11-22(12-8-20)33(36)37/h3-12,15,19H,13-14,16-17H2,1-2H3. The van der Waals surface area contributed by atoms with Gasteiger partial charge in [0.1, 0.15) is 0 Å². The van der Waals surface area contributed by atoms with E-state index in [1.165, 1.54) is 36.0 Å². The van der Waals surface area contributed by atoms with Crippen molar-refractivity contribution in [1.29, 1.82) is 0 Å². The molecule has 2 amide bonds. The number of nitrogens with zero attached hydrogens (tertiary/aromatic N) is 6. The number of non-ortho nitro benzene ring substituents is 1. The number of hydrogen-bond acceptors (Lipinski definition) is 8. The number of nitro benzene ring substituents is 1. The van der Waals surface area contributed by atoms with E-state index in [0.29, 0.717) is 41.9 Å². The molecule has 0 N–H and O–H groups in total. The molecule has 3 heterocycles. The van der Waals surface area contributed by atoms with Crippen LogP contribution in [0.3, 0.4) is 0 Å². The second-order valence-electron chi connectivity index (χ2n) is 9.23. The molecule has 39 heavy (non-hydrogen) atoms. The molecule has 11 nitrogen and oxygen atoms in total. The highest BCUT2D eigenvalue weighted by atomic mass is 32.2. The lowest BCUT2D eigenvalue weighted by atomic mass is 10.1. The predicted molar refractivity (Wildman–Crippen MR) is 145 cm³/mol. The maximum absolute atomic E-state index is 13.2. The number of furan rings is 1. The van der Waals surface area contributed by atoms with E-state index >= 15 is 0 Å². The Morgan fingerprint density at radius 3 is 2.46 bits per heavy atom. The number of nitro groups is 1. The molecule has 0 bridgehead atoms. The van der Waals surface area contributed by atoms with E-state index < -0.39 is 4.92 Å². The van der Waals surface area contributed by atoms with Crippen LogP contribution in [0.25, 0.3) is 17.3 Å². The Kier molecular flexibility index (Phi) is 7.46. The molecule has 1 aliphatic heterocycles. The van der Waals surface area contributed by atoms with E-state index in [2.05, 4.69) is 10.2 Å². The molecule has 2 aromatic carbocycles. The zero-order valence-corrected chi connectivity index (χ0v) is 22.2. The minimum absolute atomic E-state index is 0.0627. The summed E-state index contributed by atoms with van der Waals surface area (Å²) in [5.74, 6) is 1.00. The van der Waals surface area contributed by atoms with E-state index in [0.717, 1.165) is 11.3 Å². The van der Waals surface area contributed by atoms with Crippen LogP contribution in [-0.2, 0) is 4.79 Å². The van der Waals surface area contributed by atoms with Gasteiger partial charge in [0.15, 0.2) is 10.9 Å². The summed E-state index contributed by atoms with van der Waals surface area (Å²) in [6, 6.07) is 16.9. The largest absolute Gasteiger partial charge is 0.461 e. The van der Waals surface area contributed by atoms with Gasteiger partial charge in [0.25, 0.3) is 11.6 Å². The normalized spacial score (nSPS) is 15.4. The molecule has 200 valence electrons. The molecule has 0 aliphatic carbocycles. The molecule has 2 aromatic heterocycles. The first kappa shape index (κ1) is 26.2. The number of carbonyl (C=O) groups excluding carboxylic acids is 2. The number of thioether (sulfide) groups is 1. The smallest absolute Gasteiger partial charge is 0.269 e. The summed E-state index contributed by atoms with van der Waals surface area (Å²) in [7, 11) is 0. The Morgan fingerprint density at radius 1 is 1.08 bits per heavy atom.